The summed E-state index contributed by atoms with van der Waals surface area (Å²) in [6.45, 7) is 8.82. The predicted octanol–water partition coefficient (Wildman–Crippen LogP) is 2.09. The quantitative estimate of drug-likeness (QED) is 0.142. The van der Waals surface area contributed by atoms with Gasteiger partial charge in [-0.3, -0.25) is 24.5 Å². The van der Waals surface area contributed by atoms with Crippen molar-refractivity contribution in [2.24, 2.45) is 11.8 Å². The number of ketones is 2. The van der Waals surface area contributed by atoms with Crippen LogP contribution in [0.15, 0.2) is 58.5 Å². The van der Waals surface area contributed by atoms with Gasteiger partial charge in [0.1, 0.15) is 0 Å². The smallest absolute Gasteiger partial charge is 0.411 e. The third-order valence-electron chi connectivity index (χ3n) is 7.37. The van der Waals surface area contributed by atoms with Crippen molar-refractivity contribution in [2.45, 2.75) is 71.8 Å². The first-order valence-corrected chi connectivity index (χ1v) is 14.3. The van der Waals surface area contributed by atoms with Gasteiger partial charge in [-0.2, -0.15) is 0 Å². The number of hydrogen-bond donors (Lipinski definition) is 4. The zero-order valence-electron chi connectivity index (χ0n) is 26.2. The van der Waals surface area contributed by atoms with Gasteiger partial charge in [-0.05, 0) is 39.5 Å². The van der Waals surface area contributed by atoms with Crippen LogP contribution in [0, 0.1) is 11.8 Å². The number of hydrogen-bond acceptors (Lipinski definition) is 11. The van der Waals surface area contributed by atoms with Crippen LogP contribution in [0.4, 0.5) is 4.79 Å². The number of allylic oxidation sites excluding steroid dienone is 4. The predicted molar refractivity (Wildman–Crippen MR) is 159 cm³/mol. The van der Waals surface area contributed by atoms with Gasteiger partial charge in [0, 0.05) is 37.4 Å². The molecule has 0 aromatic carbocycles. The third kappa shape index (κ3) is 9.81. The fourth-order valence-corrected chi connectivity index (χ4v) is 5.00. The lowest BCUT2D eigenvalue weighted by Crippen LogP contribution is -2.41. The largest absolute Gasteiger partial charge is 0.450 e. The van der Waals surface area contributed by atoms with Crippen molar-refractivity contribution in [2.75, 3.05) is 20.8 Å². The number of aliphatic hydroxyl groups is 1. The number of alkyl carbamates (subject to hydrolysis) is 1. The molecule has 0 unspecified atom stereocenters. The van der Waals surface area contributed by atoms with Crippen LogP contribution in [0.5, 0.6) is 0 Å². The number of carbonyl (C=O) groups is 5. The zero-order valence-corrected chi connectivity index (χ0v) is 26.2. The summed E-state index contributed by atoms with van der Waals surface area (Å²) in [4.78, 5) is 67.7. The van der Waals surface area contributed by atoms with E-state index in [4.69, 9.17) is 19.0 Å². The molecule has 4 N–H and O–H groups in total. The second-order valence-corrected chi connectivity index (χ2v) is 10.7. The third-order valence-corrected chi connectivity index (χ3v) is 7.37. The molecule has 44 heavy (non-hydrogen) atoms. The van der Waals surface area contributed by atoms with Crippen molar-refractivity contribution < 1.29 is 48.1 Å². The van der Waals surface area contributed by atoms with Crippen molar-refractivity contribution in [3.05, 3.63) is 58.5 Å². The normalized spacial score (nSPS) is 30.6. The minimum absolute atomic E-state index is 0.00652. The molecule has 2 amide bonds. The monoisotopic (exact) mass is 617 g/mol. The van der Waals surface area contributed by atoms with Gasteiger partial charge >= 0.3 is 12.6 Å². The highest BCUT2D eigenvalue weighted by atomic mass is 16.7. The van der Waals surface area contributed by atoms with Crippen LogP contribution < -0.4 is 16.1 Å². The van der Waals surface area contributed by atoms with Gasteiger partial charge in [0.25, 0.3) is 5.91 Å². The van der Waals surface area contributed by atoms with E-state index in [2.05, 4.69) is 16.1 Å². The Kier molecular flexibility index (Phi) is 14.3. The molecule has 1 aliphatic carbocycles. The van der Waals surface area contributed by atoms with Gasteiger partial charge in [0.15, 0.2) is 0 Å². The van der Waals surface area contributed by atoms with Gasteiger partial charge in [-0.1, -0.05) is 43.7 Å². The van der Waals surface area contributed by atoms with Crippen LogP contribution in [0.25, 0.3) is 0 Å². The highest BCUT2D eigenvalue weighted by Crippen LogP contribution is 2.28. The highest BCUT2D eigenvalue weighted by molar-refractivity contribution is 6.24. The summed E-state index contributed by atoms with van der Waals surface area (Å²) < 4.78 is 16.2. The molecule has 0 spiro atoms. The minimum atomic E-state index is -0.987. The highest BCUT2D eigenvalue weighted by Gasteiger charge is 2.34. The average Bonchev–Trinajstić information content (AvgIpc) is 2.98. The number of nitrogens with one attached hydrogen (secondary N) is 3. The molecular formula is C31H43N3O10. The van der Waals surface area contributed by atoms with E-state index < -0.39 is 53.8 Å². The van der Waals surface area contributed by atoms with Crippen LogP contribution in [-0.4, -0.2) is 80.3 Å². The summed E-state index contributed by atoms with van der Waals surface area (Å²) in [5.74, 6) is -2.71. The first kappa shape index (κ1) is 36.3. The Morgan fingerprint density at radius 3 is 2.48 bits per heavy atom. The second kappa shape index (κ2) is 17.4. The number of ether oxygens (including phenoxy) is 3. The number of methoxy groups -OCH3 is 2. The summed E-state index contributed by atoms with van der Waals surface area (Å²) in [6.07, 6.45) is 4.53. The fourth-order valence-electron chi connectivity index (χ4n) is 5.00. The van der Waals surface area contributed by atoms with E-state index in [0.29, 0.717) is 5.57 Å². The molecule has 2 bridgehead atoms. The molecule has 0 radical (unpaired) electrons. The van der Waals surface area contributed by atoms with E-state index in [-0.39, 0.29) is 54.4 Å². The molecule has 0 saturated carbocycles. The van der Waals surface area contributed by atoms with E-state index in [1.165, 1.54) is 27.2 Å². The molecule has 13 heteroatoms. The summed E-state index contributed by atoms with van der Waals surface area (Å²) in [7, 11) is 2.92. The molecule has 1 aliphatic heterocycles. The summed E-state index contributed by atoms with van der Waals surface area (Å²) >= 11 is 0. The van der Waals surface area contributed by atoms with E-state index in [1.807, 2.05) is 6.92 Å². The molecule has 13 nitrogen and oxygen atoms in total. The molecule has 242 valence electrons. The standard InChI is InChI=1S/C31H43N3O10/c1-8-43-31(40)33-27-21-12-17(2)13-25(42-7)28(37)20(5)14-19(4)26(34-44-16-35)24(41-6)11-9-10-18(3)30(39)32-22(29(21)38)15-23(27)36/h9-11,14-17,20,24-26,28,34,37H,8,12-13H2,1-7H3,(H,32,39)(H,33,40)/b11-9-,18-10+,19-14+/t17-,20+,24+,25+,26+,28-/m1/s1. The van der Waals surface area contributed by atoms with E-state index in [1.54, 1.807) is 39.0 Å². The zero-order chi connectivity index (χ0) is 33.0. The van der Waals surface area contributed by atoms with E-state index >= 15 is 0 Å². The van der Waals surface area contributed by atoms with Crippen molar-refractivity contribution in [3.8, 4) is 0 Å². The Labute approximate surface area is 257 Å². The van der Waals surface area contributed by atoms with Gasteiger partial charge in [0.05, 0.1) is 42.4 Å². The number of rotatable bonds is 7. The van der Waals surface area contributed by atoms with Crippen LogP contribution >= 0.6 is 0 Å². The van der Waals surface area contributed by atoms with Gasteiger partial charge in [-0.25, -0.2) is 4.79 Å². The maximum absolute atomic E-state index is 13.6. The Balaban J connectivity index is 2.62. The molecule has 2 aliphatic rings. The molecule has 1 heterocycles. The summed E-state index contributed by atoms with van der Waals surface area (Å²) in [6, 6.07) is -0.647. The summed E-state index contributed by atoms with van der Waals surface area (Å²) in [5.41, 5.74) is 3.08. The lowest BCUT2D eigenvalue weighted by atomic mass is 9.85. The van der Waals surface area contributed by atoms with Crippen LogP contribution in [-0.2, 0) is 38.2 Å². The Hall–Kier alpha value is -3.91. The second-order valence-electron chi connectivity index (χ2n) is 10.7. The fraction of sp³-hybridized carbons (Fsp3) is 0.516. The lowest BCUT2D eigenvalue weighted by molar-refractivity contribution is -0.138. The van der Waals surface area contributed by atoms with Crippen LogP contribution in [0.2, 0.25) is 0 Å². The van der Waals surface area contributed by atoms with Gasteiger partial charge < -0.3 is 29.5 Å². The summed E-state index contributed by atoms with van der Waals surface area (Å²) in [5, 5.41) is 16.1. The van der Waals surface area contributed by atoms with Crippen molar-refractivity contribution >= 4 is 30.0 Å². The number of Topliss-reactive ketones (excluding diaryl/α,β-unsaturated/α-hetero) is 1. The topological polar surface area (TPSA) is 179 Å². The van der Waals surface area contributed by atoms with Crippen molar-refractivity contribution in [1.82, 2.24) is 16.1 Å². The molecule has 6 atom stereocenters. The number of aliphatic hydroxyl groups excluding tert-OH is 1. The SMILES string of the molecule is CCOC(=O)NC1=C2C[C@@H](C)C[C@H](OC)[C@H](O)[C@@H](C)/C=C(\C)[C@H](NOC=O)[C@@H](OC)/C=C\C=C(/C)C(=O)NC(=CC1=O)C2=O. The Morgan fingerprint density at radius 2 is 1.86 bits per heavy atom. The molecule has 0 fully saturated rings. The average molecular weight is 618 g/mol. The number of amides is 2. The molecule has 0 saturated heterocycles. The minimum Gasteiger partial charge on any atom is -0.450 e. The van der Waals surface area contributed by atoms with Gasteiger partial charge in [0.2, 0.25) is 11.6 Å². The van der Waals surface area contributed by atoms with E-state index in [0.717, 1.165) is 6.08 Å². The maximum Gasteiger partial charge on any atom is 0.411 e. The maximum atomic E-state index is 13.6. The molecular weight excluding hydrogens is 574 g/mol. The first-order chi connectivity index (χ1) is 20.9. The van der Waals surface area contributed by atoms with Crippen LogP contribution in [0.3, 0.4) is 0 Å². The van der Waals surface area contributed by atoms with Crippen molar-refractivity contribution in [3.63, 3.8) is 0 Å². The number of hydroxylamine groups is 1. The number of carbonyl (C=O) groups excluding carboxylic acids is 5. The number of fused-ring (bicyclic) bond motifs is 2. The molecule has 0 aromatic rings. The first-order valence-electron chi connectivity index (χ1n) is 14.3. The lowest BCUT2D eigenvalue weighted by Gasteiger charge is -2.30. The van der Waals surface area contributed by atoms with Crippen molar-refractivity contribution in [1.29, 1.82) is 0 Å². The Morgan fingerprint density at radius 1 is 1.16 bits per heavy atom. The molecule has 2 rings (SSSR count). The van der Waals surface area contributed by atoms with E-state index in [9.17, 15) is 29.1 Å². The molecule has 0 aromatic heterocycles. The van der Waals surface area contributed by atoms with Gasteiger partial charge in [-0.15, -0.1) is 5.48 Å². The van der Waals surface area contributed by atoms with Crippen LogP contribution in [0.1, 0.15) is 47.5 Å². The Bertz CT molecular complexity index is 1250.